The van der Waals surface area contributed by atoms with Gasteiger partial charge in [0.25, 0.3) is 0 Å². The van der Waals surface area contributed by atoms with Crippen molar-refractivity contribution in [2.75, 3.05) is 26.3 Å². The van der Waals surface area contributed by atoms with E-state index in [1.807, 2.05) is 30.3 Å². The van der Waals surface area contributed by atoms with Gasteiger partial charge < -0.3 is 14.6 Å². The molecule has 0 unspecified atom stereocenters. The smallest absolute Gasteiger partial charge is 0.123 e. The molecule has 2 atom stereocenters. The van der Waals surface area contributed by atoms with Gasteiger partial charge in [0.05, 0.1) is 25.4 Å². The van der Waals surface area contributed by atoms with Gasteiger partial charge in [-0.05, 0) is 36.1 Å². The number of aliphatic hydroxyl groups is 1. The lowest BCUT2D eigenvalue weighted by Gasteiger charge is -2.27. The van der Waals surface area contributed by atoms with Crippen LogP contribution < -0.4 is 0 Å². The average Bonchev–Trinajstić information content (AvgIpc) is 3.17. The molecule has 1 aliphatic rings. The van der Waals surface area contributed by atoms with Crippen molar-refractivity contribution in [2.24, 2.45) is 0 Å². The minimum Gasteiger partial charge on any atom is -0.389 e. The number of hydrogen-bond acceptors (Lipinski definition) is 4. The van der Waals surface area contributed by atoms with Crippen molar-refractivity contribution in [3.63, 3.8) is 0 Å². The molecule has 27 heavy (non-hydrogen) atoms. The molecular formula is C22H28FNO3. The highest BCUT2D eigenvalue weighted by Gasteiger charge is 2.21. The largest absolute Gasteiger partial charge is 0.389 e. The third kappa shape index (κ3) is 7.03. The molecule has 4 nitrogen and oxygen atoms in total. The molecule has 0 aliphatic carbocycles. The normalized spacial score (nSPS) is 18.1. The Balaban J connectivity index is 1.50. The number of halogens is 1. The molecule has 1 saturated heterocycles. The highest BCUT2D eigenvalue weighted by Crippen LogP contribution is 2.16. The summed E-state index contributed by atoms with van der Waals surface area (Å²) in [6.45, 7) is 3.47. The van der Waals surface area contributed by atoms with Crippen molar-refractivity contribution >= 4 is 0 Å². The van der Waals surface area contributed by atoms with E-state index >= 15 is 0 Å². The third-order valence-electron chi connectivity index (χ3n) is 4.70. The maximum absolute atomic E-state index is 13.2. The number of nitrogens with zero attached hydrogens (tertiary/aromatic N) is 1. The monoisotopic (exact) mass is 373 g/mol. The van der Waals surface area contributed by atoms with Crippen LogP contribution in [0.25, 0.3) is 0 Å². The minimum atomic E-state index is -0.587. The molecule has 0 aromatic heterocycles. The lowest BCUT2D eigenvalue weighted by atomic mass is 10.1. The molecule has 0 saturated carbocycles. The zero-order valence-electron chi connectivity index (χ0n) is 15.6. The molecule has 0 amide bonds. The Kier molecular flexibility index (Phi) is 7.78. The van der Waals surface area contributed by atoms with Crippen molar-refractivity contribution < 1.29 is 19.0 Å². The van der Waals surface area contributed by atoms with E-state index in [4.69, 9.17) is 9.47 Å². The van der Waals surface area contributed by atoms with E-state index < -0.39 is 6.10 Å². The molecule has 146 valence electrons. The maximum Gasteiger partial charge on any atom is 0.123 e. The molecule has 0 radical (unpaired) electrons. The Morgan fingerprint density at radius 1 is 1.11 bits per heavy atom. The second kappa shape index (κ2) is 10.5. The van der Waals surface area contributed by atoms with Crippen LogP contribution in [0.2, 0.25) is 0 Å². The molecule has 5 heteroatoms. The van der Waals surface area contributed by atoms with E-state index in [1.54, 1.807) is 12.1 Å². The molecule has 1 N–H and O–H groups in total. The predicted molar refractivity (Wildman–Crippen MR) is 103 cm³/mol. The quantitative estimate of drug-likeness (QED) is 0.693. The molecule has 1 heterocycles. The highest BCUT2D eigenvalue weighted by atomic mass is 19.1. The first-order valence-corrected chi connectivity index (χ1v) is 9.57. The van der Waals surface area contributed by atoms with Crippen LogP contribution in [-0.2, 0) is 22.6 Å². The van der Waals surface area contributed by atoms with Crippen LogP contribution in [0.15, 0.2) is 54.6 Å². The fraction of sp³-hybridized carbons (Fsp3) is 0.455. The van der Waals surface area contributed by atoms with Crippen LogP contribution in [0.3, 0.4) is 0 Å². The van der Waals surface area contributed by atoms with Gasteiger partial charge >= 0.3 is 0 Å². The summed E-state index contributed by atoms with van der Waals surface area (Å²) in [5, 5.41) is 10.4. The van der Waals surface area contributed by atoms with E-state index in [1.165, 1.54) is 12.1 Å². The van der Waals surface area contributed by atoms with Crippen LogP contribution in [0.4, 0.5) is 4.39 Å². The topological polar surface area (TPSA) is 41.9 Å². The van der Waals surface area contributed by atoms with Gasteiger partial charge in [-0.2, -0.15) is 0 Å². The number of aliphatic hydroxyl groups excluding tert-OH is 1. The summed E-state index contributed by atoms with van der Waals surface area (Å²) in [7, 11) is 0. The summed E-state index contributed by atoms with van der Waals surface area (Å²) in [6, 6.07) is 16.4. The maximum atomic E-state index is 13.2. The fourth-order valence-corrected chi connectivity index (χ4v) is 3.37. The Morgan fingerprint density at radius 2 is 1.89 bits per heavy atom. The van der Waals surface area contributed by atoms with Crippen LogP contribution in [-0.4, -0.2) is 48.5 Å². The number of ether oxygens (including phenoxy) is 2. The van der Waals surface area contributed by atoms with Crippen molar-refractivity contribution in [2.45, 2.75) is 38.2 Å². The second-order valence-corrected chi connectivity index (χ2v) is 7.11. The fourth-order valence-electron chi connectivity index (χ4n) is 3.37. The third-order valence-corrected chi connectivity index (χ3v) is 4.70. The Hall–Kier alpha value is -1.79. The second-order valence-electron chi connectivity index (χ2n) is 7.11. The Bertz CT molecular complexity index is 659. The summed E-state index contributed by atoms with van der Waals surface area (Å²) >= 11 is 0. The average molecular weight is 373 g/mol. The Morgan fingerprint density at radius 3 is 2.59 bits per heavy atom. The Labute approximate surface area is 160 Å². The molecule has 3 rings (SSSR count). The van der Waals surface area contributed by atoms with E-state index in [2.05, 4.69) is 4.90 Å². The number of hydrogen-bond donors (Lipinski definition) is 1. The van der Waals surface area contributed by atoms with Crippen molar-refractivity contribution in [3.05, 3.63) is 71.5 Å². The molecule has 0 spiro atoms. The SMILES string of the molecule is O[C@H](COCc1ccccc1)CN(Cc1ccc(F)cc1)C[C@H]1CCCO1. The first-order valence-electron chi connectivity index (χ1n) is 9.57. The summed E-state index contributed by atoms with van der Waals surface area (Å²) in [4.78, 5) is 2.17. The van der Waals surface area contributed by atoms with Gasteiger partial charge in [-0.3, -0.25) is 4.90 Å². The van der Waals surface area contributed by atoms with Crippen LogP contribution >= 0.6 is 0 Å². The zero-order valence-corrected chi connectivity index (χ0v) is 15.6. The first-order chi connectivity index (χ1) is 13.2. The van der Waals surface area contributed by atoms with Crippen molar-refractivity contribution in [1.82, 2.24) is 4.90 Å². The summed E-state index contributed by atoms with van der Waals surface area (Å²) < 4.78 is 24.6. The standard InChI is InChI=1S/C22H28FNO3/c23-20-10-8-18(9-11-20)13-24(15-22-7-4-12-27-22)14-21(25)17-26-16-19-5-2-1-3-6-19/h1-3,5-6,8-11,21-22,25H,4,7,12-17H2/t21-,22+/m0/s1. The molecule has 0 bridgehead atoms. The van der Waals surface area contributed by atoms with E-state index in [-0.39, 0.29) is 18.5 Å². The molecule has 2 aromatic carbocycles. The van der Waals surface area contributed by atoms with Gasteiger partial charge in [-0.25, -0.2) is 4.39 Å². The van der Waals surface area contributed by atoms with Gasteiger partial charge in [0.1, 0.15) is 5.82 Å². The van der Waals surface area contributed by atoms with Gasteiger partial charge in [-0.1, -0.05) is 42.5 Å². The van der Waals surface area contributed by atoms with Gasteiger partial charge in [0.2, 0.25) is 0 Å². The molecule has 1 aliphatic heterocycles. The summed E-state index contributed by atoms with van der Waals surface area (Å²) in [5.41, 5.74) is 2.11. The van der Waals surface area contributed by atoms with Gasteiger partial charge in [0, 0.05) is 26.2 Å². The number of rotatable bonds is 10. The first kappa shape index (κ1) is 20.0. The van der Waals surface area contributed by atoms with E-state index in [0.717, 1.165) is 37.1 Å². The van der Waals surface area contributed by atoms with Crippen molar-refractivity contribution in [1.29, 1.82) is 0 Å². The van der Waals surface area contributed by atoms with Gasteiger partial charge in [-0.15, -0.1) is 0 Å². The molecule has 2 aromatic rings. The zero-order chi connectivity index (χ0) is 18.9. The summed E-state index contributed by atoms with van der Waals surface area (Å²) in [5.74, 6) is -0.237. The lowest BCUT2D eigenvalue weighted by molar-refractivity contribution is -0.00287. The van der Waals surface area contributed by atoms with Gasteiger partial charge in [0.15, 0.2) is 0 Å². The molecule has 1 fully saturated rings. The highest BCUT2D eigenvalue weighted by molar-refractivity contribution is 5.16. The summed E-state index contributed by atoms with van der Waals surface area (Å²) in [6.07, 6.45) is 1.73. The molecular weight excluding hydrogens is 345 g/mol. The minimum absolute atomic E-state index is 0.197. The van der Waals surface area contributed by atoms with Crippen LogP contribution in [0.1, 0.15) is 24.0 Å². The van der Waals surface area contributed by atoms with E-state index in [9.17, 15) is 9.50 Å². The van der Waals surface area contributed by atoms with Crippen LogP contribution in [0.5, 0.6) is 0 Å². The van der Waals surface area contributed by atoms with Crippen molar-refractivity contribution in [3.8, 4) is 0 Å². The van der Waals surface area contributed by atoms with E-state index in [0.29, 0.717) is 19.7 Å². The predicted octanol–water partition coefficient (Wildman–Crippen LogP) is 3.38. The van der Waals surface area contributed by atoms with Crippen LogP contribution in [0, 0.1) is 5.82 Å². The lowest BCUT2D eigenvalue weighted by Crippen LogP contribution is -2.39. The number of benzene rings is 2.